The predicted octanol–water partition coefficient (Wildman–Crippen LogP) is 1.40. The molecule has 0 aliphatic carbocycles. The number of halogens is 2. The summed E-state index contributed by atoms with van der Waals surface area (Å²) in [5.41, 5.74) is -0.261. The van der Waals surface area contributed by atoms with Gasteiger partial charge < -0.3 is 10.2 Å². The van der Waals surface area contributed by atoms with Crippen molar-refractivity contribution in [2.75, 3.05) is 0 Å². The van der Waals surface area contributed by atoms with E-state index in [-0.39, 0.29) is 10.6 Å². The second-order valence-electron chi connectivity index (χ2n) is 2.65. The van der Waals surface area contributed by atoms with Crippen LogP contribution in [0.15, 0.2) is 18.2 Å². The van der Waals surface area contributed by atoms with Gasteiger partial charge in [0, 0.05) is 10.6 Å². The Labute approximate surface area is 85.0 Å². The van der Waals surface area contributed by atoms with Crippen molar-refractivity contribution in [1.82, 2.24) is 0 Å². The SMILES string of the molecule is N#CC(O)C(O)c1c(F)cccc1Cl. The van der Waals surface area contributed by atoms with Crippen LogP contribution in [0.1, 0.15) is 11.7 Å². The molecule has 2 N–H and O–H groups in total. The van der Waals surface area contributed by atoms with Crippen LogP contribution in [0.4, 0.5) is 4.39 Å². The van der Waals surface area contributed by atoms with E-state index >= 15 is 0 Å². The second-order valence-corrected chi connectivity index (χ2v) is 3.06. The highest BCUT2D eigenvalue weighted by atomic mass is 35.5. The molecule has 14 heavy (non-hydrogen) atoms. The molecule has 0 spiro atoms. The van der Waals surface area contributed by atoms with Crippen molar-refractivity contribution >= 4 is 11.6 Å². The molecule has 0 aliphatic rings. The molecule has 2 atom stereocenters. The van der Waals surface area contributed by atoms with E-state index in [0.717, 1.165) is 6.07 Å². The molecule has 0 aromatic heterocycles. The summed E-state index contributed by atoms with van der Waals surface area (Å²) >= 11 is 5.60. The first-order valence-corrected chi connectivity index (χ1v) is 4.15. The molecule has 3 nitrogen and oxygen atoms in total. The molecule has 1 aromatic carbocycles. The normalized spacial score (nSPS) is 14.5. The highest BCUT2D eigenvalue weighted by Crippen LogP contribution is 2.27. The van der Waals surface area contributed by atoms with Gasteiger partial charge in [-0.3, -0.25) is 0 Å². The zero-order valence-electron chi connectivity index (χ0n) is 6.98. The summed E-state index contributed by atoms with van der Waals surface area (Å²) in [5, 5.41) is 26.6. The molecule has 2 unspecified atom stereocenters. The van der Waals surface area contributed by atoms with Crippen molar-refractivity contribution in [2.45, 2.75) is 12.2 Å². The zero-order chi connectivity index (χ0) is 10.7. The molecule has 1 rings (SSSR count). The van der Waals surface area contributed by atoms with E-state index in [9.17, 15) is 9.50 Å². The van der Waals surface area contributed by atoms with Gasteiger partial charge in [0.2, 0.25) is 0 Å². The van der Waals surface area contributed by atoms with Crippen LogP contribution in [0.25, 0.3) is 0 Å². The van der Waals surface area contributed by atoms with E-state index in [1.165, 1.54) is 18.2 Å². The lowest BCUT2D eigenvalue weighted by Gasteiger charge is -2.14. The van der Waals surface area contributed by atoms with Crippen molar-refractivity contribution in [3.63, 3.8) is 0 Å². The zero-order valence-corrected chi connectivity index (χ0v) is 7.74. The fourth-order valence-electron chi connectivity index (χ4n) is 1.02. The van der Waals surface area contributed by atoms with Crippen molar-refractivity contribution in [1.29, 1.82) is 5.26 Å². The average Bonchev–Trinajstić information content (AvgIpc) is 2.16. The molecule has 0 saturated carbocycles. The molecule has 1 aromatic rings. The molecular weight excluding hydrogens is 209 g/mol. The number of aliphatic hydroxyl groups is 2. The minimum atomic E-state index is -1.69. The topological polar surface area (TPSA) is 64.2 Å². The first-order valence-electron chi connectivity index (χ1n) is 3.77. The third-order valence-electron chi connectivity index (χ3n) is 1.73. The fourth-order valence-corrected chi connectivity index (χ4v) is 1.30. The minimum absolute atomic E-state index is 0.0215. The maximum Gasteiger partial charge on any atom is 0.170 e. The third kappa shape index (κ3) is 2.02. The number of rotatable bonds is 2. The van der Waals surface area contributed by atoms with E-state index in [0.29, 0.717) is 0 Å². The first-order chi connectivity index (χ1) is 6.57. The van der Waals surface area contributed by atoms with Gasteiger partial charge >= 0.3 is 0 Å². The molecular formula is C9H7ClFNO2. The quantitative estimate of drug-likeness (QED) is 0.733. The van der Waals surface area contributed by atoms with Gasteiger partial charge in [0.05, 0.1) is 6.07 Å². The highest BCUT2D eigenvalue weighted by molar-refractivity contribution is 6.31. The summed E-state index contributed by atoms with van der Waals surface area (Å²) in [6.07, 6.45) is -3.32. The smallest absolute Gasteiger partial charge is 0.170 e. The Kier molecular flexibility index (Phi) is 3.42. The van der Waals surface area contributed by atoms with Gasteiger partial charge in [0.25, 0.3) is 0 Å². The van der Waals surface area contributed by atoms with Gasteiger partial charge in [-0.1, -0.05) is 17.7 Å². The van der Waals surface area contributed by atoms with Crippen LogP contribution in [0.2, 0.25) is 5.02 Å². The van der Waals surface area contributed by atoms with Gasteiger partial charge in [-0.2, -0.15) is 5.26 Å². The van der Waals surface area contributed by atoms with E-state index in [4.69, 9.17) is 22.0 Å². The predicted molar refractivity (Wildman–Crippen MR) is 48.0 cm³/mol. The number of hydrogen-bond donors (Lipinski definition) is 2. The second kappa shape index (κ2) is 4.38. The summed E-state index contributed by atoms with van der Waals surface area (Å²) in [7, 11) is 0. The molecule has 5 heteroatoms. The van der Waals surface area contributed by atoms with Gasteiger partial charge in [-0.05, 0) is 12.1 Å². The Balaban J connectivity index is 3.13. The van der Waals surface area contributed by atoms with Crippen molar-refractivity contribution < 1.29 is 14.6 Å². The number of benzene rings is 1. The average molecular weight is 216 g/mol. The van der Waals surface area contributed by atoms with E-state index < -0.39 is 18.0 Å². The van der Waals surface area contributed by atoms with Gasteiger partial charge in [0.15, 0.2) is 6.10 Å². The molecule has 0 saturated heterocycles. The van der Waals surface area contributed by atoms with E-state index in [1.54, 1.807) is 0 Å². The molecule has 0 heterocycles. The van der Waals surface area contributed by atoms with Crippen LogP contribution >= 0.6 is 11.6 Å². The lowest BCUT2D eigenvalue weighted by Crippen LogP contribution is -2.17. The van der Waals surface area contributed by atoms with E-state index in [1.807, 2.05) is 0 Å². The molecule has 74 valence electrons. The monoisotopic (exact) mass is 215 g/mol. The Morgan fingerprint density at radius 3 is 2.57 bits per heavy atom. The molecule has 0 bridgehead atoms. The first kappa shape index (κ1) is 10.9. The molecule has 0 aliphatic heterocycles. The van der Waals surface area contributed by atoms with Crippen LogP contribution in [0.3, 0.4) is 0 Å². The summed E-state index contributed by atoms with van der Waals surface area (Å²) in [4.78, 5) is 0. The third-order valence-corrected chi connectivity index (χ3v) is 2.06. The number of hydrogen-bond acceptors (Lipinski definition) is 3. The van der Waals surface area contributed by atoms with Gasteiger partial charge in [0.1, 0.15) is 11.9 Å². The van der Waals surface area contributed by atoms with E-state index in [2.05, 4.69) is 0 Å². The maximum atomic E-state index is 13.1. The molecule has 0 amide bonds. The lowest BCUT2D eigenvalue weighted by molar-refractivity contribution is 0.0504. The summed E-state index contributed by atoms with van der Waals surface area (Å²) in [6.45, 7) is 0. The molecule has 0 radical (unpaired) electrons. The number of aliphatic hydroxyl groups excluding tert-OH is 2. The Morgan fingerprint density at radius 1 is 1.43 bits per heavy atom. The fraction of sp³-hybridized carbons (Fsp3) is 0.222. The van der Waals surface area contributed by atoms with Crippen molar-refractivity contribution in [3.05, 3.63) is 34.6 Å². The summed E-state index contributed by atoms with van der Waals surface area (Å²) in [6, 6.07) is 5.23. The number of nitriles is 1. The van der Waals surface area contributed by atoms with Gasteiger partial charge in [-0.15, -0.1) is 0 Å². The summed E-state index contributed by atoms with van der Waals surface area (Å²) in [5.74, 6) is -0.751. The number of nitrogens with zero attached hydrogens (tertiary/aromatic N) is 1. The highest BCUT2D eigenvalue weighted by Gasteiger charge is 2.23. The Hall–Kier alpha value is -1.15. The lowest BCUT2D eigenvalue weighted by atomic mass is 10.0. The van der Waals surface area contributed by atoms with Crippen LogP contribution in [-0.4, -0.2) is 16.3 Å². The van der Waals surface area contributed by atoms with Crippen LogP contribution in [0.5, 0.6) is 0 Å². The van der Waals surface area contributed by atoms with Gasteiger partial charge in [-0.25, -0.2) is 4.39 Å². The Bertz CT molecular complexity index is 357. The van der Waals surface area contributed by atoms with Crippen molar-refractivity contribution in [2.24, 2.45) is 0 Å². The standard InChI is InChI=1S/C9H7ClFNO2/c10-5-2-1-3-6(11)8(5)9(14)7(13)4-12/h1-3,7,9,13-14H. The molecule has 0 fully saturated rings. The van der Waals surface area contributed by atoms with Crippen molar-refractivity contribution in [3.8, 4) is 6.07 Å². The van der Waals surface area contributed by atoms with Crippen LogP contribution in [-0.2, 0) is 0 Å². The van der Waals surface area contributed by atoms with Crippen LogP contribution in [0, 0.1) is 17.1 Å². The Morgan fingerprint density at radius 2 is 2.07 bits per heavy atom. The van der Waals surface area contributed by atoms with Crippen LogP contribution < -0.4 is 0 Å². The maximum absolute atomic E-state index is 13.1. The summed E-state index contributed by atoms with van der Waals surface area (Å²) < 4.78 is 13.1. The minimum Gasteiger partial charge on any atom is -0.384 e. The largest absolute Gasteiger partial charge is 0.384 e.